The normalized spacial score (nSPS) is 14.6. The van der Waals surface area contributed by atoms with Gasteiger partial charge < -0.3 is 28.4 Å². The van der Waals surface area contributed by atoms with Crippen LogP contribution in [0.25, 0.3) is 33.0 Å². The van der Waals surface area contributed by atoms with E-state index in [0.717, 1.165) is 73.4 Å². The minimum absolute atomic E-state index is 0.215. The fourth-order valence-corrected chi connectivity index (χ4v) is 8.08. The Hall–Kier alpha value is -6.28. The third-order valence-electron chi connectivity index (χ3n) is 11.4. The number of nitrogens with zero attached hydrogens (tertiary/aromatic N) is 6. The summed E-state index contributed by atoms with van der Waals surface area (Å²) in [7, 11) is 3.22. The van der Waals surface area contributed by atoms with Crippen molar-refractivity contribution in [1.82, 2.24) is 29.7 Å². The zero-order chi connectivity index (χ0) is 43.9. The van der Waals surface area contributed by atoms with Crippen molar-refractivity contribution in [2.45, 2.75) is 33.6 Å². The highest BCUT2D eigenvalue weighted by atomic mass is 35.5. The first-order chi connectivity index (χ1) is 30.7. The molecule has 0 bridgehead atoms. The summed E-state index contributed by atoms with van der Waals surface area (Å²) >= 11 is 5.72. The number of hydrogen-bond donors (Lipinski definition) is 0. The van der Waals surface area contributed by atoms with Crippen molar-refractivity contribution in [3.63, 3.8) is 0 Å². The number of fused-ring (bicyclic) bond motifs is 4. The van der Waals surface area contributed by atoms with Crippen LogP contribution in [0.4, 0.5) is 0 Å². The van der Waals surface area contributed by atoms with E-state index in [2.05, 4.69) is 80.0 Å². The van der Waals surface area contributed by atoms with Crippen LogP contribution >= 0.6 is 11.6 Å². The minimum Gasteiger partial charge on any atom is -0.493 e. The van der Waals surface area contributed by atoms with Crippen LogP contribution in [0.2, 0.25) is 0 Å². The third kappa shape index (κ3) is 10.2. The second-order valence-electron chi connectivity index (χ2n) is 15.6. The summed E-state index contributed by atoms with van der Waals surface area (Å²) in [6.07, 6.45) is 9.38. The van der Waals surface area contributed by atoms with Crippen LogP contribution < -0.4 is 28.4 Å². The van der Waals surface area contributed by atoms with Crippen molar-refractivity contribution >= 4 is 50.3 Å². The average Bonchev–Trinajstić information content (AvgIpc) is 3.86. The van der Waals surface area contributed by atoms with Crippen LogP contribution in [0.5, 0.6) is 46.3 Å². The number of benzene rings is 4. The van der Waals surface area contributed by atoms with Crippen molar-refractivity contribution < 1.29 is 33.2 Å². The number of halogens is 1. The van der Waals surface area contributed by atoms with Gasteiger partial charge in [0.25, 0.3) is 0 Å². The molecule has 0 amide bonds. The second kappa shape index (κ2) is 19.8. The van der Waals surface area contributed by atoms with Crippen molar-refractivity contribution in [3.05, 3.63) is 108 Å². The van der Waals surface area contributed by atoms with Gasteiger partial charge in [0.2, 0.25) is 11.8 Å². The molecule has 1 aliphatic heterocycles. The largest absolute Gasteiger partial charge is 0.493 e. The molecule has 0 radical (unpaired) electrons. The number of ketones is 1. The maximum Gasteiger partial charge on any atom is 0.230 e. The molecule has 0 N–H and O–H groups in total. The number of hydrogen-bond acceptors (Lipinski definition) is 13. The topological polar surface area (TPSA) is 130 Å². The molecule has 0 atom stereocenters. The van der Waals surface area contributed by atoms with E-state index in [1.807, 2.05) is 36.4 Å². The number of allylic oxidation sites excluding steroid dienone is 4. The number of alkyl halides is 1. The molecule has 326 valence electrons. The lowest BCUT2D eigenvalue weighted by atomic mass is 10.1. The Balaban J connectivity index is 0.000000180. The van der Waals surface area contributed by atoms with E-state index in [1.54, 1.807) is 21.1 Å². The summed E-state index contributed by atoms with van der Waals surface area (Å²) in [6, 6.07) is 19.7. The van der Waals surface area contributed by atoms with Gasteiger partial charge in [-0.05, 0) is 103 Å². The molecule has 4 aromatic carbocycles. The number of methoxy groups -OCH3 is 2. The molecule has 0 spiro atoms. The van der Waals surface area contributed by atoms with E-state index in [-0.39, 0.29) is 5.78 Å². The Morgan fingerprint density at radius 3 is 1.60 bits per heavy atom. The number of carbonyl (C=O) groups is 1. The fraction of sp³-hybridized carbons (Fsp3) is 0.327. The standard InChI is InChI=1S/C28H32N4O4.C21H19ClN2O3/c1-19-4-5-21-6-7-22(14-23(19)21)36-28-24-15-26(34-3)27(16-25(24)29-18-30-28)35-13-12-31-8-10-32(11-9-31)17-20(2)33;1-13-3-4-14-5-6-15(9-16(13)14)27-21-17-10-19(25-2)20(26-8-7-22)11-18(17)23-12-24-21/h4,6-7,14-16,18H,5,8-13,17H2,1-3H3;3,5-6,9-12H,4,7-8H2,1-2H3. The molecular weight excluding hydrogens is 820 g/mol. The summed E-state index contributed by atoms with van der Waals surface area (Å²) in [6.45, 7) is 11.8. The lowest BCUT2D eigenvalue weighted by Crippen LogP contribution is -2.48. The van der Waals surface area contributed by atoms with Crippen LogP contribution in [0.15, 0.2) is 85.5 Å². The molecule has 0 saturated carbocycles. The lowest BCUT2D eigenvalue weighted by molar-refractivity contribution is -0.118. The minimum atomic E-state index is 0.215. The van der Waals surface area contributed by atoms with Crippen LogP contribution in [0.3, 0.4) is 0 Å². The van der Waals surface area contributed by atoms with Gasteiger partial charge in [0.1, 0.15) is 43.2 Å². The van der Waals surface area contributed by atoms with Gasteiger partial charge in [0, 0.05) is 44.9 Å². The predicted molar refractivity (Wildman–Crippen MR) is 245 cm³/mol. The van der Waals surface area contributed by atoms with Gasteiger partial charge in [-0.1, -0.05) is 24.3 Å². The summed E-state index contributed by atoms with van der Waals surface area (Å²) < 4.78 is 35.1. The van der Waals surface area contributed by atoms with Gasteiger partial charge in [0.15, 0.2) is 23.0 Å². The van der Waals surface area contributed by atoms with Gasteiger partial charge >= 0.3 is 0 Å². The first-order valence-electron chi connectivity index (χ1n) is 21.1. The molecule has 3 aliphatic rings. The molecule has 1 saturated heterocycles. The Morgan fingerprint density at radius 1 is 0.635 bits per heavy atom. The third-order valence-corrected chi connectivity index (χ3v) is 11.5. The summed E-state index contributed by atoms with van der Waals surface area (Å²) in [5.74, 6) is 5.47. The first kappa shape index (κ1) is 43.4. The van der Waals surface area contributed by atoms with Crippen LogP contribution in [-0.4, -0.2) is 108 Å². The van der Waals surface area contributed by atoms with Crippen LogP contribution in [0.1, 0.15) is 43.0 Å². The Labute approximate surface area is 372 Å². The van der Waals surface area contributed by atoms with E-state index in [9.17, 15) is 4.79 Å². The molecule has 9 rings (SSSR count). The number of aromatic nitrogens is 4. The van der Waals surface area contributed by atoms with Crippen molar-refractivity contribution in [3.8, 4) is 46.3 Å². The number of carbonyl (C=O) groups excluding carboxylic acids is 1. The molecule has 2 aliphatic carbocycles. The number of rotatable bonds is 15. The molecule has 3 heterocycles. The quantitative estimate of drug-likeness (QED) is 0.0911. The summed E-state index contributed by atoms with van der Waals surface area (Å²) in [4.78, 5) is 33.4. The highest BCUT2D eigenvalue weighted by Crippen LogP contribution is 2.39. The predicted octanol–water partition coefficient (Wildman–Crippen LogP) is 8.98. The zero-order valence-electron chi connectivity index (χ0n) is 36.3. The number of Topliss-reactive ketones (excluding diaryl/α,β-unsaturated/α-hetero) is 1. The smallest absolute Gasteiger partial charge is 0.230 e. The van der Waals surface area contributed by atoms with Crippen molar-refractivity contribution in [2.24, 2.45) is 0 Å². The Kier molecular flexibility index (Phi) is 13.7. The Morgan fingerprint density at radius 2 is 1.13 bits per heavy atom. The molecule has 0 unspecified atom stereocenters. The number of piperazine rings is 1. The highest BCUT2D eigenvalue weighted by molar-refractivity contribution is 6.18. The maximum atomic E-state index is 11.3. The van der Waals surface area contributed by atoms with Crippen LogP contribution in [-0.2, 0) is 17.6 Å². The monoisotopic (exact) mass is 870 g/mol. The van der Waals surface area contributed by atoms with Gasteiger partial charge in [-0.25, -0.2) is 19.9 Å². The van der Waals surface area contributed by atoms with E-state index in [0.29, 0.717) is 65.9 Å². The van der Waals surface area contributed by atoms with Crippen LogP contribution in [0, 0.1) is 0 Å². The maximum absolute atomic E-state index is 11.3. The van der Waals surface area contributed by atoms with Crippen molar-refractivity contribution in [2.75, 3.05) is 72.6 Å². The molecule has 14 heteroatoms. The van der Waals surface area contributed by atoms with E-state index in [4.69, 9.17) is 40.0 Å². The Bertz CT molecular complexity index is 2700. The van der Waals surface area contributed by atoms with E-state index in [1.165, 1.54) is 46.1 Å². The molecule has 6 aromatic rings. The summed E-state index contributed by atoms with van der Waals surface area (Å²) in [5, 5.41) is 1.51. The molecule has 63 heavy (non-hydrogen) atoms. The molecule has 13 nitrogen and oxygen atoms in total. The molecule has 1 fully saturated rings. The average molecular weight is 871 g/mol. The molecular formula is C49H51ClN6O7. The number of ether oxygens (including phenoxy) is 6. The van der Waals surface area contributed by atoms with E-state index < -0.39 is 0 Å². The highest BCUT2D eigenvalue weighted by Gasteiger charge is 2.20. The van der Waals surface area contributed by atoms with E-state index >= 15 is 0 Å². The SMILES string of the molecule is COc1cc2c(Oc3ccc4c(c3)C(C)=CC4)ncnc2cc1OCCCl.COc1cc2c(Oc3ccc4c(c3)C(C)=CC4)ncnc2cc1OCCN1CCN(CC(C)=O)CC1. The van der Waals surface area contributed by atoms with Gasteiger partial charge in [-0.2, -0.15) is 0 Å². The van der Waals surface area contributed by atoms with Gasteiger partial charge in [-0.15, -0.1) is 11.6 Å². The zero-order valence-corrected chi connectivity index (χ0v) is 37.0. The fourth-order valence-electron chi connectivity index (χ4n) is 8.00. The first-order valence-corrected chi connectivity index (χ1v) is 21.6. The summed E-state index contributed by atoms with van der Waals surface area (Å²) in [5.41, 5.74) is 9.05. The second-order valence-corrected chi connectivity index (χ2v) is 16.0. The molecule has 2 aromatic heterocycles. The van der Waals surface area contributed by atoms with Gasteiger partial charge in [0.05, 0.1) is 48.5 Å². The lowest BCUT2D eigenvalue weighted by Gasteiger charge is -2.34. The van der Waals surface area contributed by atoms with Gasteiger partial charge in [-0.3, -0.25) is 14.6 Å². The van der Waals surface area contributed by atoms with Crippen molar-refractivity contribution in [1.29, 1.82) is 0 Å².